The molecule has 0 aliphatic carbocycles. The molecule has 0 spiro atoms. The fourth-order valence-corrected chi connectivity index (χ4v) is 8.71. The van der Waals surface area contributed by atoms with Crippen molar-refractivity contribution in [1.29, 1.82) is 0 Å². The number of pyridine rings is 2. The van der Waals surface area contributed by atoms with Crippen molar-refractivity contribution in [2.24, 2.45) is 0 Å². The average molecular weight is 771 g/mol. The number of imide groups is 1. The molecule has 4 heterocycles. The van der Waals surface area contributed by atoms with E-state index >= 15 is 9.59 Å². The molecule has 2 amide bonds. The van der Waals surface area contributed by atoms with Gasteiger partial charge in [-0.2, -0.15) is 0 Å². The molecule has 6 heteroatoms. The average Bonchev–Trinajstić information content (AvgIpc) is 3.78. The third kappa shape index (κ3) is 5.73. The minimum absolute atomic E-state index is 0.351. The number of fused-ring (bicyclic) bond motifs is 4. The molecule has 0 saturated carbocycles. The molecule has 0 radical (unpaired) electrons. The van der Waals surface area contributed by atoms with Crippen LogP contribution >= 0.6 is 0 Å². The number of benzene rings is 7. The van der Waals surface area contributed by atoms with Gasteiger partial charge in [-0.3, -0.25) is 19.6 Å². The number of anilines is 1. The van der Waals surface area contributed by atoms with Crippen LogP contribution in [0.25, 0.3) is 83.1 Å². The Morgan fingerprint density at radius 3 is 1.37 bits per heavy atom. The van der Waals surface area contributed by atoms with E-state index in [0.717, 1.165) is 77.4 Å². The standard InChI is InChI=1S/C54H34N4O2/c59-53-45-21-10-22-48(57-49-31-38(40-19-11-27-55-33-40)23-25-43(49)44-26-24-39(32-50(44)57)41-20-12-28-56-34-41)51(45)54(60)58(53)52-46(36-15-6-2-7-16-36)29-42(35-13-4-1-5-14-35)30-47(52)37-17-8-3-9-18-37/h1-34H. The van der Waals surface area contributed by atoms with Crippen LogP contribution in [0.15, 0.2) is 207 Å². The summed E-state index contributed by atoms with van der Waals surface area (Å²) in [4.78, 5) is 40.9. The Kier molecular flexibility index (Phi) is 8.34. The quantitative estimate of drug-likeness (QED) is 0.151. The number of hydrogen-bond acceptors (Lipinski definition) is 4. The van der Waals surface area contributed by atoms with Gasteiger partial charge in [-0.05, 0) is 81.9 Å². The van der Waals surface area contributed by atoms with E-state index in [1.54, 1.807) is 18.5 Å². The maximum absolute atomic E-state index is 15.6. The zero-order valence-electron chi connectivity index (χ0n) is 32.2. The van der Waals surface area contributed by atoms with Crippen LogP contribution < -0.4 is 4.90 Å². The number of hydrogen-bond donors (Lipinski definition) is 0. The Hall–Kier alpha value is -8.22. The first-order valence-corrected chi connectivity index (χ1v) is 19.9. The summed E-state index contributed by atoms with van der Waals surface area (Å²) in [6.45, 7) is 0. The molecule has 6 nitrogen and oxygen atoms in total. The Morgan fingerprint density at radius 1 is 0.367 bits per heavy atom. The molecule has 7 aromatic carbocycles. The highest BCUT2D eigenvalue weighted by molar-refractivity contribution is 6.37. The van der Waals surface area contributed by atoms with Gasteiger partial charge in [0.15, 0.2) is 0 Å². The van der Waals surface area contributed by atoms with E-state index in [-0.39, 0.29) is 11.8 Å². The second kappa shape index (κ2) is 14.3. The molecule has 11 rings (SSSR count). The minimum atomic E-state index is -0.380. The normalized spacial score (nSPS) is 12.4. The van der Waals surface area contributed by atoms with Crippen molar-refractivity contribution < 1.29 is 9.59 Å². The number of nitrogens with zero attached hydrogens (tertiary/aromatic N) is 4. The van der Waals surface area contributed by atoms with Gasteiger partial charge in [0.05, 0.1) is 33.5 Å². The first-order chi connectivity index (χ1) is 29.6. The van der Waals surface area contributed by atoms with Crippen molar-refractivity contribution in [3.05, 3.63) is 218 Å². The molecule has 10 aromatic rings. The van der Waals surface area contributed by atoms with Crippen LogP contribution in [0.3, 0.4) is 0 Å². The lowest BCUT2D eigenvalue weighted by Gasteiger charge is -2.24. The van der Waals surface area contributed by atoms with Crippen LogP contribution in [-0.2, 0) is 0 Å². The second-order valence-electron chi connectivity index (χ2n) is 14.9. The van der Waals surface area contributed by atoms with Crippen molar-refractivity contribution in [2.75, 3.05) is 4.90 Å². The maximum Gasteiger partial charge on any atom is 0.268 e. The van der Waals surface area contributed by atoms with Crippen LogP contribution in [-0.4, -0.2) is 26.3 Å². The topological polar surface area (TPSA) is 68.1 Å². The van der Waals surface area contributed by atoms with Crippen LogP contribution in [0.2, 0.25) is 0 Å². The fourth-order valence-electron chi connectivity index (χ4n) is 8.71. The second-order valence-corrected chi connectivity index (χ2v) is 14.9. The minimum Gasteiger partial charge on any atom is -0.308 e. The molecular weight excluding hydrogens is 737 g/mol. The smallest absolute Gasteiger partial charge is 0.268 e. The Morgan fingerprint density at radius 2 is 0.867 bits per heavy atom. The highest BCUT2D eigenvalue weighted by atomic mass is 16.2. The third-order valence-electron chi connectivity index (χ3n) is 11.5. The van der Waals surface area contributed by atoms with Gasteiger partial charge in [0, 0.05) is 57.8 Å². The highest BCUT2D eigenvalue weighted by Gasteiger charge is 2.42. The summed E-state index contributed by atoms with van der Waals surface area (Å²) in [5.74, 6) is -0.749. The lowest BCUT2D eigenvalue weighted by atomic mass is 9.90. The van der Waals surface area contributed by atoms with E-state index in [9.17, 15) is 0 Å². The van der Waals surface area contributed by atoms with E-state index in [1.165, 1.54) is 4.90 Å². The third-order valence-corrected chi connectivity index (χ3v) is 11.5. The number of amides is 2. The van der Waals surface area contributed by atoms with E-state index < -0.39 is 0 Å². The highest BCUT2D eigenvalue weighted by Crippen LogP contribution is 2.47. The van der Waals surface area contributed by atoms with Gasteiger partial charge in [-0.15, -0.1) is 0 Å². The van der Waals surface area contributed by atoms with E-state index in [4.69, 9.17) is 0 Å². The number of carbonyl (C=O) groups excluding carboxylic acids is 2. The molecule has 282 valence electrons. The largest absolute Gasteiger partial charge is 0.308 e. The van der Waals surface area contributed by atoms with Crippen molar-refractivity contribution in [3.63, 3.8) is 0 Å². The molecule has 3 aromatic heterocycles. The van der Waals surface area contributed by atoms with Gasteiger partial charge in [0.2, 0.25) is 0 Å². The molecule has 0 fully saturated rings. The summed E-state index contributed by atoms with van der Waals surface area (Å²) >= 11 is 0. The number of rotatable bonds is 7. The predicted octanol–water partition coefficient (Wildman–Crippen LogP) is 12.7. The molecule has 60 heavy (non-hydrogen) atoms. The van der Waals surface area contributed by atoms with E-state index in [2.05, 4.69) is 75.2 Å². The zero-order chi connectivity index (χ0) is 40.2. The summed E-state index contributed by atoms with van der Waals surface area (Å²) in [5, 5.41) is 2.05. The van der Waals surface area contributed by atoms with Gasteiger partial charge in [-0.25, -0.2) is 4.90 Å². The van der Waals surface area contributed by atoms with Crippen molar-refractivity contribution in [2.45, 2.75) is 0 Å². The van der Waals surface area contributed by atoms with Crippen molar-refractivity contribution in [3.8, 4) is 61.3 Å². The Bertz CT molecular complexity index is 3120. The monoisotopic (exact) mass is 770 g/mol. The maximum atomic E-state index is 15.6. The SMILES string of the molecule is O=C1c2cccc(-n3c4cc(-c5cccnc5)ccc4c4ccc(-c5cccnc5)cc43)c2C(=O)N1c1c(-c2ccccc2)cc(-c2ccccc2)cc1-c1ccccc1. The van der Waals surface area contributed by atoms with E-state index in [1.807, 2.05) is 128 Å². The molecule has 1 aliphatic rings. The molecule has 0 saturated heterocycles. The summed E-state index contributed by atoms with van der Waals surface area (Å²) in [7, 11) is 0. The van der Waals surface area contributed by atoms with Gasteiger partial charge in [-0.1, -0.05) is 133 Å². The fraction of sp³-hybridized carbons (Fsp3) is 0. The molecule has 0 unspecified atom stereocenters. The first-order valence-electron chi connectivity index (χ1n) is 19.9. The van der Waals surface area contributed by atoms with Crippen LogP contribution in [0.1, 0.15) is 20.7 Å². The van der Waals surface area contributed by atoms with E-state index in [0.29, 0.717) is 22.5 Å². The molecule has 1 aliphatic heterocycles. The van der Waals surface area contributed by atoms with Gasteiger partial charge in [0.25, 0.3) is 11.8 Å². The van der Waals surface area contributed by atoms with Crippen LogP contribution in [0.4, 0.5) is 5.69 Å². The van der Waals surface area contributed by atoms with Crippen LogP contribution in [0.5, 0.6) is 0 Å². The van der Waals surface area contributed by atoms with Gasteiger partial charge >= 0.3 is 0 Å². The molecule has 0 N–H and O–H groups in total. The lowest BCUT2D eigenvalue weighted by molar-refractivity contribution is 0.0926. The lowest BCUT2D eigenvalue weighted by Crippen LogP contribution is -2.30. The first kappa shape index (κ1) is 35.0. The molecule has 0 atom stereocenters. The number of carbonyl (C=O) groups is 2. The summed E-state index contributed by atoms with van der Waals surface area (Å²) in [6, 6.07) is 60.8. The summed E-state index contributed by atoms with van der Waals surface area (Å²) in [6.07, 6.45) is 7.24. The van der Waals surface area contributed by atoms with Crippen molar-refractivity contribution >= 4 is 39.3 Å². The number of aromatic nitrogens is 3. The molecular formula is C54H34N4O2. The van der Waals surface area contributed by atoms with Gasteiger partial charge < -0.3 is 4.57 Å². The summed E-state index contributed by atoms with van der Waals surface area (Å²) in [5.41, 5.74) is 13.0. The Balaban J connectivity index is 1.17. The summed E-state index contributed by atoms with van der Waals surface area (Å²) < 4.78 is 2.15. The molecule has 0 bridgehead atoms. The van der Waals surface area contributed by atoms with Crippen LogP contribution in [0, 0.1) is 0 Å². The predicted molar refractivity (Wildman–Crippen MR) is 241 cm³/mol. The Labute approximate surface area is 346 Å². The van der Waals surface area contributed by atoms with Gasteiger partial charge in [0.1, 0.15) is 0 Å². The van der Waals surface area contributed by atoms with Crippen molar-refractivity contribution in [1.82, 2.24) is 14.5 Å². The zero-order valence-corrected chi connectivity index (χ0v) is 32.2.